The Balaban J connectivity index is 1.68. The number of hydrogen-bond acceptors (Lipinski definition) is 7. The summed E-state index contributed by atoms with van der Waals surface area (Å²) in [4.78, 5) is 11.0. The van der Waals surface area contributed by atoms with Crippen LogP contribution in [0.1, 0.15) is 11.4 Å². The molecule has 24 heavy (non-hydrogen) atoms. The van der Waals surface area contributed by atoms with Gasteiger partial charge in [-0.05, 0) is 18.2 Å². The van der Waals surface area contributed by atoms with Crippen LogP contribution < -0.4 is 9.64 Å². The Morgan fingerprint density at radius 3 is 2.83 bits per heavy atom. The highest BCUT2D eigenvalue weighted by atomic mass is 16.5. The second-order valence-corrected chi connectivity index (χ2v) is 5.49. The third-order valence-electron chi connectivity index (χ3n) is 3.79. The fourth-order valence-corrected chi connectivity index (χ4v) is 2.59. The smallest absolute Gasteiger partial charge is 0.215 e. The zero-order valence-corrected chi connectivity index (χ0v) is 13.5. The molecule has 1 saturated heterocycles. The van der Waals surface area contributed by atoms with Crippen LogP contribution in [0.15, 0.2) is 41.6 Å². The Labute approximate surface area is 141 Å². The molecule has 0 unspecified atom stereocenters. The highest BCUT2D eigenvalue weighted by Gasteiger charge is 2.14. The maximum Gasteiger partial charge on any atom is 0.215 e. The van der Waals surface area contributed by atoms with Crippen LogP contribution in [0.4, 0.5) is 5.69 Å². The molecule has 0 aromatic carbocycles. The molecule has 0 atom stereocenters. The van der Waals surface area contributed by atoms with Gasteiger partial charge in [0.15, 0.2) is 0 Å². The monoisotopic (exact) mass is 327 g/mol. The van der Waals surface area contributed by atoms with Crippen LogP contribution in [-0.4, -0.2) is 42.9 Å². The molecule has 2 aromatic rings. The lowest BCUT2D eigenvalue weighted by Crippen LogP contribution is -2.36. The molecule has 0 spiro atoms. The zero-order chi connectivity index (χ0) is 16.6. The van der Waals surface area contributed by atoms with Crippen LogP contribution in [0.3, 0.4) is 0 Å². The molecule has 1 aliphatic heterocycles. The summed E-state index contributed by atoms with van der Waals surface area (Å²) in [5, 5.41) is 3.44. The van der Waals surface area contributed by atoms with Crippen LogP contribution in [0.2, 0.25) is 0 Å². The highest BCUT2D eigenvalue weighted by molar-refractivity contribution is 5.50. The predicted molar refractivity (Wildman–Crippen MR) is 89.6 cm³/mol. The minimum atomic E-state index is 0.259. The molecule has 0 amide bonds. The SMILES string of the molecule is N=NCc1cc(N2CCOCC2)cc(OCCc2ccccn2)n1. The summed E-state index contributed by atoms with van der Waals surface area (Å²) in [6.07, 6.45) is 2.50. The van der Waals surface area contributed by atoms with Crippen molar-refractivity contribution in [1.82, 2.24) is 9.97 Å². The lowest BCUT2D eigenvalue weighted by atomic mass is 10.2. The molecule has 0 bridgehead atoms. The van der Waals surface area contributed by atoms with Gasteiger partial charge in [-0.1, -0.05) is 6.07 Å². The second-order valence-electron chi connectivity index (χ2n) is 5.49. The largest absolute Gasteiger partial charge is 0.477 e. The summed E-state index contributed by atoms with van der Waals surface area (Å²) >= 11 is 0. The van der Waals surface area contributed by atoms with E-state index in [9.17, 15) is 0 Å². The Morgan fingerprint density at radius 2 is 2.08 bits per heavy atom. The second kappa shape index (κ2) is 8.35. The third kappa shape index (κ3) is 4.48. The van der Waals surface area contributed by atoms with Gasteiger partial charge in [0.25, 0.3) is 0 Å². The van der Waals surface area contributed by atoms with Gasteiger partial charge in [-0.15, -0.1) is 0 Å². The van der Waals surface area contributed by atoms with E-state index in [1.54, 1.807) is 6.20 Å². The Bertz CT molecular complexity index is 659. The van der Waals surface area contributed by atoms with Crippen molar-refractivity contribution in [2.75, 3.05) is 37.8 Å². The lowest BCUT2D eigenvalue weighted by molar-refractivity contribution is 0.122. The first-order chi connectivity index (χ1) is 11.8. The van der Waals surface area contributed by atoms with Crippen molar-refractivity contribution in [3.8, 4) is 5.88 Å². The topological polar surface area (TPSA) is 83.7 Å². The number of aromatic nitrogens is 2. The highest BCUT2D eigenvalue weighted by Crippen LogP contribution is 2.23. The van der Waals surface area contributed by atoms with Gasteiger partial charge in [0, 0.05) is 43.2 Å². The first-order valence-electron chi connectivity index (χ1n) is 8.05. The lowest BCUT2D eigenvalue weighted by Gasteiger charge is -2.29. The number of nitrogens with zero attached hydrogens (tertiary/aromatic N) is 4. The van der Waals surface area contributed by atoms with Gasteiger partial charge in [-0.3, -0.25) is 4.98 Å². The number of ether oxygens (including phenoxy) is 2. The number of pyridine rings is 2. The number of nitrogens with one attached hydrogen (secondary N) is 1. The fraction of sp³-hybridized carbons (Fsp3) is 0.412. The fourth-order valence-electron chi connectivity index (χ4n) is 2.59. The van der Waals surface area contributed by atoms with Crippen LogP contribution in [0, 0.1) is 5.53 Å². The Kier molecular flexibility index (Phi) is 5.68. The molecule has 0 radical (unpaired) electrons. The molecule has 1 N–H and O–H groups in total. The summed E-state index contributed by atoms with van der Waals surface area (Å²) in [6.45, 7) is 3.89. The average Bonchev–Trinajstić information content (AvgIpc) is 2.63. The summed E-state index contributed by atoms with van der Waals surface area (Å²) in [5.74, 6) is 0.563. The maximum atomic E-state index is 7.08. The first-order valence-corrected chi connectivity index (χ1v) is 8.05. The minimum absolute atomic E-state index is 0.259. The first kappa shape index (κ1) is 16.3. The quantitative estimate of drug-likeness (QED) is 0.790. The van der Waals surface area contributed by atoms with Crippen LogP contribution in [-0.2, 0) is 17.7 Å². The van der Waals surface area contributed by atoms with Gasteiger partial charge < -0.3 is 14.4 Å². The van der Waals surface area contributed by atoms with E-state index in [-0.39, 0.29) is 6.54 Å². The van der Waals surface area contributed by atoms with Gasteiger partial charge in [0.05, 0.1) is 25.5 Å². The minimum Gasteiger partial charge on any atom is -0.477 e. The Morgan fingerprint density at radius 1 is 1.21 bits per heavy atom. The van der Waals surface area contributed by atoms with E-state index in [0.29, 0.717) is 12.5 Å². The number of anilines is 1. The molecule has 7 nitrogen and oxygen atoms in total. The molecule has 3 heterocycles. The normalized spacial score (nSPS) is 14.4. The van der Waals surface area contributed by atoms with E-state index >= 15 is 0 Å². The average molecular weight is 327 g/mol. The van der Waals surface area contributed by atoms with E-state index < -0.39 is 0 Å². The molecule has 2 aromatic heterocycles. The number of rotatable bonds is 7. The molecule has 126 valence electrons. The van der Waals surface area contributed by atoms with E-state index in [2.05, 4.69) is 20.0 Å². The summed E-state index contributed by atoms with van der Waals surface area (Å²) < 4.78 is 11.2. The van der Waals surface area contributed by atoms with E-state index in [1.165, 1.54) is 0 Å². The summed E-state index contributed by atoms with van der Waals surface area (Å²) in [6, 6.07) is 9.75. The Hall–Kier alpha value is -2.54. The molecule has 7 heteroatoms. The van der Waals surface area contributed by atoms with E-state index in [0.717, 1.165) is 49.8 Å². The van der Waals surface area contributed by atoms with Crippen LogP contribution in [0.5, 0.6) is 5.88 Å². The van der Waals surface area contributed by atoms with Gasteiger partial charge in [-0.2, -0.15) is 5.11 Å². The van der Waals surface area contributed by atoms with Gasteiger partial charge in [0.2, 0.25) is 5.88 Å². The van der Waals surface area contributed by atoms with Crippen molar-refractivity contribution in [3.63, 3.8) is 0 Å². The zero-order valence-electron chi connectivity index (χ0n) is 13.5. The standard InChI is InChI=1S/C17H21N5O2/c18-20-13-15-11-16(22-6-9-23-10-7-22)12-17(21-15)24-8-4-14-3-1-2-5-19-14/h1-3,5,11-12,18H,4,6-10,13H2. The van der Waals surface area contributed by atoms with Gasteiger partial charge >= 0.3 is 0 Å². The number of hydrogen-bond donors (Lipinski definition) is 1. The maximum absolute atomic E-state index is 7.08. The molecular weight excluding hydrogens is 306 g/mol. The van der Waals surface area contributed by atoms with Crippen molar-refractivity contribution in [2.24, 2.45) is 5.11 Å². The molecular formula is C17H21N5O2. The molecule has 3 rings (SSSR count). The van der Waals surface area contributed by atoms with Gasteiger partial charge in [0.1, 0.15) is 6.54 Å². The molecule has 0 aliphatic carbocycles. The molecule has 0 saturated carbocycles. The summed E-state index contributed by atoms with van der Waals surface area (Å²) in [7, 11) is 0. The molecule has 1 fully saturated rings. The van der Waals surface area contributed by atoms with Crippen LogP contribution in [0.25, 0.3) is 0 Å². The van der Waals surface area contributed by atoms with Crippen molar-refractivity contribution < 1.29 is 9.47 Å². The van der Waals surface area contributed by atoms with Gasteiger partial charge in [-0.25, -0.2) is 10.5 Å². The third-order valence-corrected chi connectivity index (χ3v) is 3.79. The van der Waals surface area contributed by atoms with Crippen molar-refractivity contribution in [2.45, 2.75) is 13.0 Å². The van der Waals surface area contributed by atoms with Crippen molar-refractivity contribution in [1.29, 1.82) is 5.53 Å². The summed E-state index contributed by atoms with van der Waals surface area (Å²) in [5.41, 5.74) is 9.85. The number of morpholine rings is 1. The van der Waals surface area contributed by atoms with Crippen molar-refractivity contribution in [3.05, 3.63) is 47.9 Å². The van der Waals surface area contributed by atoms with E-state index in [1.807, 2.05) is 30.3 Å². The van der Waals surface area contributed by atoms with Crippen molar-refractivity contribution >= 4 is 5.69 Å². The predicted octanol–water partition coefficient (Wildman–Crippen LogP) is 2.47. The molecule has 1 aliphatic rings. The van der Waals surface area contributed by atoms with E-state index in [4.69, 9.17) is 15.0 Å². The van der Waals surface area contributed by atoms with Crippen LogP contribution >= 0.6 is 0 Å².